The zero-order chi connectivity index (χ0) is 24.8. The minimum atomic E-state index is -1.69. The van der Waals surface area contributed by atoms with E-state index in [4.69, 9.17) is 18.6 Å². The highest BCUT2D eigenvalue weighted by atomic mass is 16.5. The average Bonchev–Trinajstić information content (AvgIpc) is 3.54. The van der Waals surface area contributed by atoms with Gasteiger partial charge in [-0.15, -0.1) is 0 Å². The van der Waals surface area contributed by atoms with Crippen LogP contribution >= 0.6 is 0 Å². The largest absolute Gasteiger partial charge is 0.490 e. The van der Waals surface area contributed by atoms with E-state index < -0.39 is 6.29 Å². The topological polar surface area (TPSA) is 102 Å². The first kappa shape index (κ1) is 22.8. The number of furan rings is 1. The predicted molar refractivity (Wildman–Crippen MR) is 136 cm³/mol. The number of para-hydroxylation sites is 1. The van der Waals surface area contributed by atoms with Gasteiger partial charge in [-0.2, -0.15) is 0 Å². The van der Waals surface area contributed by atoms with E-state index in [0.29, 0.717) is 39.6 Å². The normalized spacial score (nSPS) is 18.4. The van der Waals surface area contributed by atoms with Crippen molar-refractivity contribution in [2.75, 3.05) is 0 Å². The highest BCUT2D eigenvalue weighted by molar-refractivity contribution is 5.94. The van der Waals surface area contributed by atoms with Gasteiger partial charge in [0.25, 0.3) is 0 Å². The van der Waals surface area contributed by atoms with E-state index in [1.165, 1.54) is 0 Å². The van der Waals surface area contributed by atoms with Crippen LogP contribution in [0.25, 0.3) is 33.3 Å². The molecule has 184 valence electrons. The number of oxazole rings is 1. The van der Waals surface area contributed by atoms with Crippen molar-refractivity contribution >= 4 is 21.9 Å². The number of fused-ring (bicyclic) bond motifs is 2. The lowest BCUT2D eigenvalue weighted by Crippen LogP contribution is -2.23. The molecule has 1 saturated carbocycles. The molecule has 7 heteroatoms. The van der Waals surface area contributed by atoms with Crippen LogP contribution in [-0.4, -0.2) is 26.3 Å². The Morgan fingerprint density at radius 2 is 1.83 bits per heavy atom. The Morgan fingerprint density at radius 3 is 2.56 bits per heavy atom. The summed E-state index contributed by atoms with van der Waals surface area (Å²) >= 11 is 0. The van der Waals surface area contributed by atoms with E-state index in [2.05, 4.69) is 4.98 Å². The molecule has 3 heterocycles. The summed E-state index contributed by atoms with van der Waals surface area (Å²) in [5, 5.41) is 22.4. The van der Waals surface area contributed by atoms with Gasteiger partial charge < -0.3 is 23.8 Å². The summed E-state index contributed by atoms with van der Waals surface area (Å²) in [6, 6.07) is 13.4. The van der Waals surface area contributed by atoms with Crippen LogP contribution in [0.15, 0.2) is 63.8 Å². The number of hydrogen-bond acceptors (Lipinski definition) is 7. The molecule has 2 N–H and O–H groups in total. The van der Waals surface area contributed by atoms with E-state index in [1.807, 2.05) is 50.2 Å². The van der Waals surface area contributed by atoms with Crippen LogP contribution in [0.1, 0.15) is 60.5 Å². The third-order valence-electron chi connectivity index (χ3n) is 7.28. The van der Waals surface area contributed by atoms with Gasteiger partial charge in [-0.3, -0.25) is 0 Å². The second kappa shape index (κ2) is 9.08. The molecule has 0 spiro atoms. The Labute approximate surface area is 208 Å². The Bertz CT molecular complexity index is 1530. The van der Waals surface area contributed by atoms with Crippen molar-refractivity contribution in [3.05, 3.63) is 77.5 Å². The van der Waals surface area contributed by atoms with Crippen molar-refractivity contribution in [3.63, 3.8) is 0 Å². The molecule has 0 atom stereocenters. The third-order valence-corrected chi connectivity index (χ3v) is 7.28. The Hall–Kier alpha value is -3.68. The van der Waals surface area contributed by atoms with E-state index in [1.54, 1.807) is 18.5 Å². The molecular formula is C29H28N2O5. The number of pyridine rings is 1. The number of nitrogens with zero attached hydrogens (tertiary/aromatic N) is 2. The highest BCUT2D eigenvalue weighted by Gasteiger charge is 2.28. The van der Waals surface area contributed by atoms with Crippen LogP contribution in [0.4, 0.5) is 0 Å². The molecule has 5 aromatic rings. The lowest BCUT2D eigenvalue weighted by atomic mass is 9.87. The van der Waals surface area contributed by atoms with Crippen LogP contribution in [0.2, 0.25) is 0 Å². The molecule has 1 aliphatic carbocycles. The minimum absolute atomic E-state index is 0.0168. The first-order valence-corrected chi connectivity index (χ1v) is 12.3. The number of hydrogen-bond donors (Lipinski definition) is 2. The number of aliphatic hydroxyl groups excluding tert-OH is 1. The fourth-order valence-electron chi connectivity index (χ4n) is 5.35. The van der Waals surface area contributed by atoms with Gasteiger partial charge in [0, 0.05) is 22.4 Å². The minimum Gasteiger partial charge on any atom is -0.490 e. The second-order valence-corrected chi connectivity index (χ2v) is 9.59. The molecule has 1 aliphatic rings. The number of benzene rings is 2. The quantitative estimate of drug-likeness (QED) is 0.281. The van der Waals surface area contributed by atoms with Gasteiger partial charge in [0.15, 0.2) is 17.9 Å². The van der Waals surface area contributed by atoms with Gasteiger partial charge in [-0.05, 0) is 63.3 Å². The van der Waals surface area contributed by atoms with Crippen LogP contribution in [0.3, 0.4) is 0 Å². The molecule has 0 bridgehead atoms. The molecule has 2 aromatic carbocycles. The molecule has 1 fully saturated rings. The summed E-state index contributed by atoms with van der Waals surface area (Å²) in [5.41, 5.74) is 4.23. The molecule has 0 aliphatic heterocycles. The first-order valence-electron chi connectivity index (χ1n) is 12.3. The zero-order valence-electron chi connectivity index (χ0n) is 20.3. The van der Waals surface area contributed by atoms with Gasteiger partial charge in [0.2, 0.25) is 0 Å². The Morgan fingerprint density at radius 1 is 1.03 bits per heavy atom. The Kier molecular flexibility index (Phi) is 5.74. The number of aromatic nitrogens is 2. The molecule has 0 unspecified atom stereocenters. The fraction of sp³-hybridized carbons (Fsp3) is 0.310. The first-order chi connectivity index (χ1) is 17.5. The fourth-order valence-corrected chi connectivity index (χ4v) is 5.35. The van der Waals surface area contributed by atoms with Crippen LogP contribution in [-0.2, 0) is 0 Å². The van der Waals surface area contributed by atoms with Crippen LogP contribution in [0.5, 0.6) is 5.75 Å². The van der Waals surface area contributed by atoms with E-state index in [9.17, 15) is 10.2 Å². The van der Waals surface area contributed by atoms with Crippen LogP contribution < -0.4 is 4.74 Å². The molecule has 36 heavy (non-hydrogen) atoms. The van der Waals surface area contributed by atoms with Crippen LogP contribution in [0, 0.1) is 13.8 Å². The summed E-state index contributed by atoms with van der Waals surface area (Å²) in [6.45, 7) is 3.95. The lowest BCUT2D eigenvalue weighted by Gasteiger charge is -2.28. The van der Waals surface area contributed by atoms with Crippen molar-refractivity contribution in [1.29, 1.82) is 0 Å². The molecule has 7 nitrogen and oxygen atoms in total. The van der Waals surface area contributed by atoms with Gasteiger partial charge in [0.1, 0.15) is 23.3 Å². The van der Waals surface area contributed by atoms with Crippen molar-refractivity contribution in [3.8, 4) is 17.2 Å². The summed E-state index contributed by atoms with van der Waals surface area (Å²) < 4.78 is 18.1. The maximum atomic E-state index is 10.4. The number of aryl methyl sites for hydroxylation is 2. The van der Waals surface area contributed by atoms with E-state index in [0.717, 1.165) is 53.7 Å². The second-order valence-electron chi connectivity index (χ2n) is 9.59. The third kappa shape index (κ3) is 3.94. The zero-order valence-corrected chi connectivity index (χ0v) is 20.3. The highest BCUT2D eigenvalue weighted by Crippen LogP contribution is 2.40. The number of ether oxygens (including phenoxy) is 1. The summed E-state index contributed by atoms with van der Waals surface area (Å²) in [7, 11) is 0. The predicted octanol–water partition coefficient (Wildman–Crippen LogP) is 6.34. The van der Waals surface area contributed by atoms with Crippen molar-refractivity contribution < 1.29 is 23.8 Å². The van der Waals surface area contributed by atoms with E-state index >= 15 is 0 Å². The standard InChI is InChI=1S/C29H28N2O5/c1-16-7-12-24(35-19-10-8-18(9-11-19)28-30-13-14-34-28)25-21(29(32)33)15-22(31-26(16)25)27-17(2)20-5-3-4-6-23(20)36-27/h3-7,12-15,18-19,29,32-33H,8-11H2,1-2H3. The summed E-state index contributed by atoms with van der Waals surface area (Å²) in [4.78, 5) is 9.23. The van der Waals surface area contributed by atoms with Gasteiger partial charge in [-0.1, -0.05) is 24.3 Å². The molecule has 0 amide bonds. The van der Waals surface area contributed by atoms with E-state index in [-0.39, 0.29) is 6.10 Å². The smallest absolute Gasteiger partial charge is 0.197 e. The molecule has 0 radical (unpaired) electrons. The molecule has 0 saturated heterocycles. The Balaban J connectivity index is 1.38. The van der Waals surface area contributed by atoms with Crippen molar-refractivity contribution in [2.24, 2.45) is 0 Å². The SMILES string of the molecule is Cc1c(-c2cc(C(O)O)c3c(OC4CCC(c5ncco5)CC4)ccc(C)c3n2)oc2ccccc12. The average molecular weight is 485 g/mol. The van der Waals surface area contributed by atoms with Gasteiger partial charge >= 0.3 is 0 Å². The molecule has 3 aromatic heterocycles. The summed E-state index contributed by atoms with van der Waals surface area (Å²) in [5.74, 6) is 2.33. The number of rotatable bonds is 5. The number of aliphatic hydroxyl groups is 2. The van der Waals surface area contributed by atoms with Gasteiger partial charge in [0.05, 0.1) is 23.2 Å². The maximum Gasteiger partial charge on any atom is 0.197 e. The monoisotopic (exact) mass is 484 g/mol. The molecular weight excluding hydrogens is 456 g/mol. The van der Waals surface area contributed by atoms with Gasteiger partial charge in [-0.25, -0.2) is 9.97 Å². The van der Waals surface area contributed by atoms with Crippen molar-refractivity contribution in [2.45, 2.75) is 57.8 Å². The van der Waals surface area contributed by atoms with Crippen molar-refractivity contribution in [1.82, 2.24) is 9.97 Å². The molecule has 6 rings (SSSR count). The summed E-state index contributed by atoms with van der Waals surface area (Å²) in [6.07, 6.45) is 5.22. The maximum absolute atomic E-state index is 10.4. The lowest BCUT2D eigenvalue weighted by molar-refractivity contribution is -0.0414.